The second kappa shape index (κ2) is 11.9. The molecule has 0 aliphatic carbocycles. The van der Waals surface area contributed by atoms with E-state index in [0.717, 1.165) is 32.3 Å². The number of piperidine rings is 1. The Hall–Kier alpha value is -0.120. The molecule has 2 fully saturated rings. The standard InChI is InChI=1S/C10H20N2O.C3H8.C2H6/c1-11-4-2-10(3-5-11)12-6-8-13-9-7-12;1-3-2;1-2/h10H,2-9H2,1H3;3H2,1-2H3;1-2H3. The zero-order valence-electron chi connectivity index (χ0n) is 13.2. The van der Waals surface area contributed by atoms with Gasteiger partial charge in [-0.05, 0) is 33.0 Å². The van der Waals surface area contributed by atoms with Crippen LogP contribution in [-0.4, -0.2) is 62.3 Å². The molecule has 2 rings (SSSR count). The zero-order valence-corrected chi connectivity index (χ0v) is 13.2. The molecule has 0 bridgehead atoms. The minimum absolute atomic E-state index is 0.833. The Morgan fingerprint density at radius 3 is 1.83 bits per heavy atom. The first-order chi connectivity index (χ1) is 8.77. The van der Waals surface area contributed by atoms with Crippen molar-refractivity contribution in [3.63, 3.8) is 0 Å². The summed E-state index contributed by atoms with van der Waals surface area (Å²) in [5, 5.41) is 0. The molecular formula is C15H34N2O. The summed E-state index contributed by atoms with van der Waals surface area (Å²) in [6, 6.07) is 0.833. The van der Waals surface area contributed by atoms with E-state index in [1.54, 1.807) is 0 Å². The fraction of sp³-hybridized carbons (Fsp3) is 1.00. The van der Waals surface area contributed by atoms with Crippen molar-refractivity contribution in [1.29, 1.82) is 0 Å². The van der Waals surface area contributed by atoms with E-state index < -0.39 is 0 Å². The molecule has 0 N–H and O–H groups in total. The van der Waals surface area contributed by atoms with Crippen LogP contribution < -0.4 is 0 Å². The predicted molar refractivity (Wildman–Crippen MR) is 80.2 cm³/mol. The van der Waals surface area contributed by atoms with Gasteiger partial charge in [0.25, 0.3) is 0 Å². The van der Waals surface area contributed by atoms with E-state index in [-0.39, 0.29) is 0 Å². The molecule has 0 aromatic rings. The number of likely N-dealkylation sites (tertiary alicyclic amines) is 1. The minimum atomic E-state index is 0.833. The third-order valence-electron chi connectivity index (χ3n) is 3.25. The van der Waals surface area contributed by atoms with Crippen LogP contribution in [0.15, 0.2) is 0 Å². The van der Waals surface area contributed by atoms with Crippen LogP contribution in [0.25, 0.3) is 0 Å². The van der Waals surface area contributed by atoms with Gasteiger partial charge >= 0.3 is 0 Å². The van der Waals surface area contributed by atoms with Crippen molar-refractivity contribution in [2.45, 2.75) is 53.0 Å². The van der Waals surface area contributed by atoms with E-state index in [4.69, 9.17) is 4.74 Å². The lowest BCUT2D eigenvalue weighted by atomic mass is 10.0. The molecule has 0 saturated carbocycles. The van der Waals surface area contributed by atoms with Crippen molar-refractivity contribution >= 4 is 0 Å². The number of hydrogen-bond donors (Lipinski definition) is 0. The maximum atomic E-state index is 5.36. The molecule has 2 saturated heterocycles. The summed E-state index contributed by atoms with van der Waals surface area (Å²) in [7, 11) is 2.22. The van der Waals surface area contributed by atoms with E-state index in [1.807, 2.05) is 13.8 Å². The number of hydrogen-bond acceptors (Lipinski definition) is 3. The molecule has 18 heavy (non-hydrogen) atoms. The zero-order chi connectivity index (χ0) is 13.8. The van der Waals surface area contributed by atoms with Crippen molar-refractivity contribution in [1.82, 2.24) is 9.80 Å². The summed E-state index contributed by atoms with van der Waals surface area (Å²) in [6.07, 6.45) is 3.94. The summed E-state index contributed by atoms with van der Waals surface area (Å²) in [6.45, 7) is 14.9. The highest BCUT2D eigenvalue weighted by atomic mass is 16.5. The molecule has 0 radical (unpaired) electrons. The van der Waals surface area contributed by atoms with E-state index in [1.165, 1.54) is 32.4 Å². The van der Waals surface area contributed by atoms with E-state index in [0.29, 0.717) is 0 Å². The Kier molecular flexibility index (Phi) is 11.9. The molecule has 0 spiro atoms. The average molecular weight is 258 g/mol. The first-order valence-corrected chi connectivity index (χ1v) is 7.78. The number of morpholine rings is 1. The fourth-order valence-electron chi connectivity index (χ4n) is 2.30. The van der Waals surface area contributed by atoms with Crippen molar-refractivity contribution in [2.24, 2.45) is 0 Å². The molecule has 3 nitrogen and oxygen atoms in total. The molecule has 0 unspecified atom stereocenters. The molecule has 3 heteroatoms. The Morgan fingerprint density at radius 1 is 0.944 bits per heavy atom. The summed E-state index contributed by atoms with van der Waals surface area (Å²) in [5.41, 5.74) is 0. The van der Waals surface area contributed by atoms with E-state index in [2.05, 4.69) is 30.7 Å². The number of rotatable bonds is 1. The fourth-order valence-corrected chi connectivity index (χ4v) is 2.30. The molecule has 0 aromatic carbocycles. The highest BCUT2D eigenvalue weighted by Crippen LogP contribution is 2.16. The second-order valence-corrected chi connectivity index (χ2v) is 4.89. The van der Waals surface area contributed by atoms with Crippen molar-refractivity contribution < 1.29 is 4.74 Å². The van der Waals surface area contributed by atoms with Gasteiger partial charge < -0.3 is 9.64 Å². The van der Waals surface area contributed by atoms with Gasteiger partial charge in [-0.2, -0.15) is 0 Å². The smallest absolute Gasteiger partial charge is 0.0594 e. The van der Waals surface area contributed by atoms with Crippen LogP contribution in [0.2, 0.25) is 0 Å². The Balaban J connectivity index is 0.000000509. The van der Waals surface area contributed by atoms with Gasteiger partial charge in [0.2, 0.25) is 0 Å². The molecule has 110 valence electrons. The van der Waals surface area contributed by atoms with Gasteiger partial charge in [-0.3, -0.25) is 4.90 Å². The van der Waals surface area contributed by atoms with Gasteiger partial charge in [0.1, 0.15) is 0 Å². The summed E-state index contributed by atoms with van der Waals surface area (Å²) in [4.78, 5) is 5.04. The van der Waals surface area contributed by atoms with Crippen LogP contribution in [0.5, 0.6) is 0 Å². The third kappa shape index (κ3) is 7.34. The van der Waals surface area contributed by atoms with Crippen LogP contribution in [0.3, 0.4) is 0 Å². The molecule has 0 atom stereocenters. The summed E-state index contributed by atoms with van der Waals surface area (Å²) in [5.74, 6) is 0. The lowest BCUT2D eigenvalue weighted by Crippen LogP contribution is -2.48. The first-order valence-electron chi connectivity index (χ1n) is 7.78. The third-order valence-corrected chi connectivity index (χ3v) is 3.25. The normalized spacial score (nSPS) is 22.5. The molecule has 0 aromatic heterocycles. The Morgan fingerprint density at radius 2 is 1.39 bits per heavy atom. The van der Waals surface area contributed by atoms with Crippen molar-refractivity contribution in [3.8, 4) is 0 Å². The maximum absolute atomic E-state index is 5.36. The lowest BCUT2D eigenvalue weighted by Gasteiger charge is -2.39. The number of ether oxygens (including phenoxy) is 1. The van der Waals surface area contributed by atoms with Crippen molar-refractivity contribution in [2.75, 3.05) is 46.4 Å². The average Bonchev–Trinajstić information content (AvgIpc) is 2.44. The largest absolute Gasteiger partial charge is 0.379 e. The lowest BCUT2D eigenvalue weighted by molar-refractivity contribution is 0.00290. The second-order valence-electron chi connectivity index (χ2n) is 4.89. The highest BCUT2D eigenvalue weighted by molar-refractivity contribution is 4.79. The molecule has 2 aliphatic rings. The summed E-state index contributed by atoms with van der Waals surface area (Å²) < 4.78 is 5.36. The van der Waals surface area contributed by atoms with Crippen LogP contribution in [0, 0.1) is 0 Å². The molecule has 2 aliphatic heterocycles. The monoisotopic (exact) mass is 258 g/mol. The molecule has 2 heterocycles. The van der Waals surface area contributed by atoms with Gasteiger partial charge in [-0.15, -0.1) is 0 Å². The quantitative estimate of drug-likeness (QED) is 0.719. The van der Waals surface area contributed by atoms with Crippen LogP contribution in [-0.2, 0) is 4.74 Å². The first kappa shape index (κ1) is 17.9. The molecule has 0 amide bonds. The minimum Gasteiger partial charge on any atom is -0.379 e. The van der Waals surface area contributed by atoms with Crippen LogP contribution in [0.1, 0.15) is 47.0 Å². The SMILES string of the molecule is CC.CCC.CN1CCC(N2CCOCC2)CC1. The topological polar surface area (TPSA) is 15.7 Å². The summed E-state index contributed by atoms with van der Waals surface area (Å²) >= 11 is 0. The van der Waals surface area contributed by atoms with Crippen LogP contribution in [0.4, 0.5) is 0 Å². The van der Waals surface area contributed by atoms with Gasteiger partial charge in [0, 0.05) is 19.1 Å². The van der Waals surface area contributed by atoms with Gasteiger partial charge in [0.15, 0.2) is 0 Å². The van der Waals surface area contributed by atoms with Gasteiger partial charge in [-0.25, -0.2) is 0 Å². The Labute approximate surface area is 114 Å². The van der Waals surface area contributed by atoms with E-state index >= 15 is 0 Å². The maximum Gasteiger partial charge on any atom is 0.0594 e. The number of nitrogens with zero attached hydrogens (tertiary/aromatic N) is 2. The highest BCUT2D eigenvalue weighted by Gasteiger charge is 2.23. The van der Waals surface area contributed by atoms with Gasteiger partial charge in [-0.1, -0.05) is 34.1 Å². The predicted octanol–water partition coefficient (Wildman–Crippen LogP) is 2.86. The van der Waals surface area contributed by atoms with Gasteiger partial charge in [0.05, 0.1) is 13.2 Å². The molecular weight excluding hydrogens is 224 g/mol. The van der Waals surface area contributed by atoms with Crippen LogP contribution >= 0.6 is 0 Å². The Bertz CT molecular complexity index is 162. The van der Waals surface area contributed by atoms with Crippen molar-refractivity contribution in [3.05, 3.63) is 0 Å². The van der Waals surface area contributed by atoms with E-state index in [9.17, 15) is 0 Å².